The number of benzene rings is 1. The van der Waals surface area contributed by atoms with Crippen LogP contribution in [0.5, 0.6) is 0 Å². The monoisotopic (exact) mass is 496 g/mol. The molecule has 1 unspecified atom stereocenters. The number of nitrogens with one attached hydrogen (secondary N) is 2. The van der Waals surface area contributed by atoms with Crippen molar-refractivity contribution in [1.82, 2.24) is 10.2 Å². The smallest absolute Gasteiger partial charge is 0.313 e. The highest BCUT2D eigenvalue weighted by Crippen LogP contribution is 2.40. The first-order valence-corrected chi connectivity index (χ1v) is 11.3. The van der Waals surface area contributed by atoms with Gasteiger partial charge in [-0.05, 0) is 31.0 Å². The molecule has 8 nitrogen and oxygen atoms in total. The number of aromatic nitrogens is 2. The van der Waals surface area contributed by atoms with Crippen LogP contribution in [0.15, 0.2) is 32.9 Å². The molecule has 11 heteroatoms. The average Bonchev–Trinajstić information content (AvgIpc) is 2.72. The predicted octanol–water partition coefficient (Wildman–Crippen LogP) is 4.43. The quantitative estimate of drug-likeness (QED) is 0.365. The van der Waals surface area contributed by atoms with Crippen LogP contribution in [-0.2, 0) is 14.3 Å². The van der Waals surface area contributed by atoms with E-state index in [2.05, 4.69) is 15.5 Å². The number of halogens is 2. The third-order valence-electron chi connectivity index (χ3n) is 4.31. The highest BCUT2D eigenvalue weighted by atomic mass is 35.5. The molecule has 0 bridgehead atoms. The van der Waals surface area contributed by atoms with Crippen molar-refractivity contribution in [3.05, 3.63) is 44.2 Å². The molecular weight excluding hydrogens is 475 g/mol. The molecule has 0 saturated carbocycles. The number of rotatable bonds is 10. The summed E-state index contributed by atoms with van der Waals surface area (Å²) in [5.74, 6) is -2.21. The number of aromatic amines is 1. The molecular formula is C21H22Cl2N4O4S. The van der Waals surface area contributed by atoms with Gasteiger partial charge in [0.1, 0.15) is 17.4 Å². The van der Waals surface area contributed by atoms with Crippen LogP contribution in [0.25, 0.3) is 0 Å². The molecule has 2 aromatic rings. The van der Waals surface area contributed by atoms with Gasteiger partial charge in [-0.3, -0.25) is 14.4 Å². The fraction of sp³-hybridized carbons (Fsp3) is 0.381. The third-order valence-corrected chi connectivity index (χ3v) is 6.20. The summed E-state index contributed by atoms with van der Waals surface area (Å²) in [6.07, 6.45) is -0.463. The predicted molar refractivity (Wildman–Crippen MR) is 123 cm³/mol. The van der Waals surface area contributed by atoms with Gasteiger partial charge in [0.15, 0.2) is 5.78 Å². The number of nitrogens with zero attached hydrogens (tertiary/aromatic N) is 2. The lowest BCUT2D eigenvalue weighted by molar-refractivity contribution is -0.145. The lowest BCUT2D eigenvalue weighted by atomic mass is 10.0. The molecule has 1 heterocycles. The number of carbonyl (C=O) groups excluding carboxylic acids is 2. The Hall–Kier alpha value is -2.54. The van der Waals surface area contributed by atoms with E-state index in [-0.39, 0.29) is 24.6 Å². The Kier molecular flexibility index (Phi) is 9.57. The fourth-order valence-electron chi connectivity index (χ4n) is 2.68. The van der Waals surface area contributed by atoms with Gasteiger partial charge in [0, 0.05) is 17.8 Å². The fourth-order valence-corrected chi connectivity index (χ4v) is 4.19. The van der Waals surface area contributed by atoms with Crippen LogP contribution in [0, 0.1) is 17.2 Å². The van der Waals surface area contributed by atoms with Crippen LogP contribution < -0.4 is 10.9 Å². The van der Waals surface area contributed by atoms with E-state index in [1.807, 2.05) is 19.9 Å². The Labute approximate surface area is 199 Å². The van der Waals surface area contributed by atoms with Gasteiger partial charge in [-0.15, -0.1) is 0 Å². The van der Waals surface area contributed by atoms with E-state index >= 15 is 0 Å². The largest absolute Gasteiger partial charge is 0.466 e. The second-order valence-corrected chi connectivity index (χ2v) is 8.87. The van der Waals surface area contributed by atoms with Gasteiger partial charge < -0.3 is 10.1 Å². The Morgan fingerprint density at radius 1 is 1.28 bits per heavy atom. The number of H-pyrrole nitrogens is 1. The maximum absolute atomic E-state index is 12.1. The Bertz CT molecular complexity index is 1070. The summed E-state index contributed by atoms with van der Waals surface area (Å²) in [7, 11) is 0. The van der Waals surface area contributed by atoms with Crippen LogP contribution in [0.4, 0.5) is 5.69 Å². The number of Topliss-reactive ketones (excluding diaryl/α,β-unsaturated/α-hetero) is 1. The summed E-state index contributed by atoms with van der Waals surface area (Å²) in [5, 5.41) is 19.9. The summed E-state index contributed by atoms with van der Waals surface area (Å²) in [6.45, 7) is 5.60. The number of anilines is 1. The molecule has 2 N–H and O–H groups in total. The zero-order valence-electron chi connectivity index (χ0n) is 17.7. The van der Waals surface area contributed by atoms with Crippen molar-refractivity contribution in [3.8, 4) is 6.07 Å². The average molecular weight is 497 g/mol. The van der Waals surface area contributed by atoms with Crippen molar-refractivity contribution in [1.29, 1.82) is 5.26 Å². The number of ether oxygens (including phenoxy) is 1. The molecule has 0 spiro atoms. The Morgan fingerprint density at radius 2 is 1.94 bits per heavy atom. The normalized spacial score (nSPS) is 11.7. The van der Waals surface area contributed by atoms with E-state index in [0.29, 0.717) is 31.2 Å². The molecule has 1 atom stereocenters. The van der Waals surface area contributed by atoms with Crippen molar-refractivity contribution >= 4 is 52.4 Å². The minimum atomic E-state index is -1.04. The standard InChI is InChI=1S/C21H22Cl2N4O4S/c1-4-31-19(29)8-17(28)12(9-24)10-25-13-5-15(22)20(16(23)6-13)32-18-7-14(11(2)3)21(30)27-26-18/h5-7,11-12,25H,4,8,10H2,1-3H3,(H,27,30). The number of hydrogen-bond acceptors (Lipinski definition) is 8. The highest BCUT2D eigenvalue weighted by molar-refractivity contribution is 7.99. The summed E-state index contributed by atoms with van der Waals surface area (Å²) in [4.78, 5) is 36.0. The van der Waals surface area contributed by atoms with E-state index < -0.39 is 24.1 Å². The molecule has 0 aliphatic rings. The van der Waals surface area contributed by atoms with E-state index in [4.69, 9.17) is 27.9 Å². The van der Waals surface area contributed by atoms with E-state index in [1.165, 1.54) is 11.8 Å². The third kappa shape index (κ3) is 6.99. The molecule has 0 fully saturated rings. The number of nitriles is 1. The maximum Gasteiger partial charge on any atom is 0.313 e. The Morgan fingerprint density at radius 3 is 2.50 bits per heavy atom. The van der Waals surface area contributed by atoms with Crippen molar-refractivity contribution in [3.63, 3.8) is 0 Å². The van der Waals surface area contributed by atoms with Crippen molar-refractivity contribution in [2.24, 2.45) is 5.92 Å². The summed E-state index contributed by atoms with van der Waals surface area (Å²) in [6, 6.07) is 6.79. The zero-order chi connectivity index (χ0) is 23.8. The number of ketones is 1. The molecule has 2 rings (SSSR count). The number of esters is 1. The van der Waals surface area contributed by atoms with Crippen molar-refractivity contribution in [2.75, 3.05) is 18.5 Å². The van der Waals surface area contributed by atoms with Gasteiger partial charge in [-0.1, -0.05) is 48.8 Å². The van der Waals surface area contributed by atoms with Gasteiger partial charge >= 0.3 is 5.97 Å². The lowest BCUT2D eigenvalue weighted by Crippen LogP contribution is -2.24. The molecule has 170 valence electrons. The first-order chi connectivity index (χ1) is 15.2. The minimum absolute atomic E-state index is 0.0207. The molecule has 32 heavy (non-hydrogen) atoms. The first kappa shape index (κ1) is 25.7. The van der Waals surface area contributed by atoms with E-state index in [1.54, 1.807) is 25.1 Å². The van der Waals surface area contributed by atoms with Crippen molar-refractivity contribution < 1.29 is 14.3 Å². The van der Waals surface area contributed by atoms with Gasteiger partial charge in [-0.2, -0.15) is 10.4 Å². The molecule has 1 aromatic carbocycles. The molecule has 0 saturated heterocycles. The van der Waals surface area contributed by atoms with Crippen LogP contribution in [0.2, 0.25) is 10.0 Å². The lowest BCUT2D eigenvalue weighted by Gasteiger charge is -2.13. The van der Waals surface area contributed by atoms with Crippen molar-refractivity contribution in [2.45, 2.75) is 43.0 Å². The highest BCUT2D eigenvalue weighted by Gasteiger charge is 2.22. The van der Waals surface area contributed by atoms with Gasteiger partial charge in [0.25, 0.3) is 5.56 Å². The van der Waals surface area contributed by atoms with Gasteiger partial charge in [0.2, 0.25) is 0 Å². The van der Waals surface area contributed by atoms with Crippen LogP contribution >= 0.6 is 35.0 Å². The van der Waals surface area contributed by atoms with E-state index in [9.17, 15) is 19.6 Å². The molecule has 0 amide bonds. The Balaban J connectivity index is 2.11. The first-order valence-electron chi connectivity index (χ1n) is 9.74. The summed E-state index contributed by atoms with van der Waals surface area (Å²) in [5.41, 5.74) is 0.861. The van der Waals surface area contributed by atoms with Gasteiger partial charge in [0.05, 0.1) is 27.6 Å². The second kappa shape index (κ2) is 11.9. The molecule has 0 radical (unpaired) electrons. The molecule has 0 aliphatic heterocycles. The van der Waals surface area contributed by atoms with Crippen LogP contribution in [-0.4, -0.2) is 35.1 Å². The zero-order valence-corrected chi connectivity index (χ0v) is 20.0. The SMILES string of the molecule is CCOC(=O)CC(=O)C(C#N)CNc1cc(Cl)c(Sc2cc(C(C)C)c(=O)[nH]n2)c(Cl)c1. The number of hydrogen-bond donors (Lipinski definition) is 2. The van der Waals surface area contributed by atoms with Crippen LogP contribution in [0.3, 0.4) is 0 Å². The molecule has 1 aromatic heterocycles. The van der Waals surface area contributed by atoms with Gasteiger partial charge in [-0.25, -0.2) is 5.10 Å². The topological polar surface area (TPSA) is 125 Å². The number of carbonyl (C=O) groups is 2. The molecule has 0 aliphatic carbocycles. The maximum atomic E-state index is 12.1. The summed E-state index contributed by atoms with van der Waals surface area (Å²) >= 11 is 14.0. The van der Waals surface area contributed by atoms with E-state index in [0.717, 1.165) is 0 Å². The minimum Gasteiger partial charge on any atom is -0.466 e. The second-order valence-electron chi connectivity index (χ2n) is 7.03. The summed E-state index contributed by atoms with van der Waals surface area (Å²) < 4.78 is 4.74. The van der Waals surface area contributed by atoms with Crippen LogP contribution in [0.1, 0.15) is 38.7 Å².